The van der Waals surface area contributed by atoms with Gasteiger partial charge < -0.3 is 15.0 Å². The first kappa shape index (κ1) is 17.8. The van der Waals surface area contributed by atoms with Gasteiger partial charge >= 0.3 is 0 Å². The fraction of sp³-hybridized carbons (Fsp3) is 0.474. The molecule has 4 rings (SSSR count). The van der Waals surface area contributed by atoms with Crippen LogP contribution in [-0.2, 0) is 6.61 Å². The molecule has 1 amide bonds. The second-order valence-corrected chi connectivity index (χ2v) is 8.38. The maximum Gasteiger partial charge on any atom is 0.266 e. The Balaban J connectivity index is 1.47. The molecular formula is C19H22ClN3O2S. The number of halogens is 1. The van der Waals surface area contributed by atoms with Crippen molar-refractivity contribution in [2.75, 3.05) is 13.1 Å². The van der Waals surface area contributed by atoms with Gasteiger partial charge in [0.1, 0.15) is 22.2 Å². The van der Waals surface area contributed by atoms with Crippen molar-refractivity contribution in [1.82, 2.24) is 15.2 Å². The zero-order valence-electron chi connectivity index (χ0n) is 14.7. The minimum absolute atomic E-state index is 0.133. The average molecular weight is 392 g/mol. The average Bonchev–Trinajstić information content (AvgIpc) is 3.12. The summed E-state index contributed by atoms with van der Waals surface area (Å²) >= 11 is 7.34. The zero-order chi connectivity index (χ0) is 18.1. The highest BCUT2D eigenvalue weighted by atomic mass is 35.5. The summed E-state index contributed by atoms with van der Waals surface area (Å²) < 4.78 is 5.77. The molecule has 0 saturated carbocycles. The molecule has 138 valence electrons. The lowest BCUT2D eigenvalue weighted by Gasteiger charge is -2.27. The third-order valence-electron chi connectivity index (χ3n) is 5.10. The Kier molecular flexibility index (Phi) is 5.16. The van der Waals surface area contributed by atoms with Gasteiger partial charge in [-0.05, 0) is 57.0 Å². The maximum absolute atomic E-state index is 13.2. The van der Waals surface area contributed by atoms with Crippen molar-refractivity contribution >= 4 is 28.8 Å². The van der Waals surface area contributed by atoms with E-state index >= 15 is 0 Å². The molecule has 2 bridgehead atoms. The Morgan fingerprint density at radius 2 is 2.08 bits per heavy atom. The summed E-state index contributed by atoms with van der Waals surface area (Å²) in [5.41, 5.74) is 0.798. The number of nitrogens with zero attached hydrogens (tertiary/aromatic N) is 2. The van der Waals surface area contributed by atoms with Crippen LogP contribution in [0.5, 0.6) is 5.75 Å². The van der Waals surface area contributed by atoms with Gasteiger partial charge in [0.2, 0.25) is 0 Å². The predicted molar refractivity (Wildman–Crippen MR) is 103 cm³/mol. The minimum atomic E-state index is 0.133. The van der Waals surface area contributed by atoms with Gasteiger partial charge in [-0.1, -0.05) is 11.6 Å². The van der Waals surface area contributed by atoms with Gasteiger partial charge in [-0.15, -0.1) is 11.3 Å². The number of rotatable bonds is 4. The molecule has 0 spiro atoms. The number of nitrogens with one attached hydrogen (secondary N) is 1. The van der Waals surface area contributed by atoms with E-state index < -0.39 is 0 Å². The topological polar surface area (TPSA) is 54.5 Å². The first-order chi connectivity index (χ1) is 12.6. The van der Waals surface area contributed by atoms with E-state index in [2.05, 4.69) is 15.2 Å². The van der Waals surface area contributed by atoms with Crippen LogP contribution in [0.1, 0.15) is 39.6 Å². The minimum Gasteiger partial charge on any atom is -0.486 e. The molecule has 2 fully saturated rings. The van der Waals surface area contributed by atoms with Gasteiger partial charge in [-0.25, -0.2) is 4.98 Å². The van der Waals surface area contributed by atoms with Crippen LogP contribution in [0.25, 0.3) is 0 Å². The molecule has 7 heteroatoms. The largest absolute Gasteiger partial charge is 0.486 e. The molecule has 26 heavy (non-hydrogen) atoms. The smallest absolute Gasteiger partial charge is 0.266 e. The lowest BCUT2D eigenvalue weighted by Crippen LogP contribution is -2.42. The number of hydrogen-bond donors (Lipinski definition) is 1. The summed E-state index contributed by atoms with van der Waals surface area (Å²) in [7, 11) is 0. The number of fused-ring (bicyclic) bond motifs is 2. The van der Waals surface area contributed by atoms with Crippen LogP contribution in [0.3, 0.4) is 0 Å². The van der Waals surface area contributed by atoms with E-state index in [-0.39, 0.29) is 5.91 Å². The third kappa shape index (κ3) is 3.59. The van der Waals surface area contributed by atoms with Crippen LogP contribution >= 0.6 is 22.9 Å². The van der Waals surface area contributed by atoms with E-state index in [4.69, 9.17) is 16.3 Å². The molecule has 0 aliphatic carbocycles. The predicted octanol–water partition coefficient (Wildman–Crippen LogP) is 3.65. The second kappa shape index (κ2) is 7.55. The van der Waals surface area contributed by atoms with Crippen molar-refractivity contribution in [3.8, 4) is 5.75 Å². The van der Waals surface area contributed by atoms with Crippen LogP contribution < -0.4 is 10.1 Å². The fourth-order valence-corrected chi connectivity index (χ4v) is 4.87. The fourth-order valence-electron chi connectivity index (χ4n) is 3.82. The highest BCUT2D eigenvalue weighted by Gasteiger charge is 2.39. The number of amides is 1. The summed E-state index contributed by atoms with van der Waals surface area (Å²) in [5, 5.41) is 4.94. The molecule has 2 aliphatic rings. The molecule has 1 N–H and O–H groups in total. The van der Waals surface area contributed by atoms with E-state index in [9.17, 15) is 4.79 Å². The highest BCUT2D eigenvalue weighted by Crippen LogP contribution is 2.32. The van der Waals surface area contributed by atoms with Crippen molar-refractivity contribution in [2.45, 2.75) is 44.9 Å². The molecule has 1 aromatic carbocycles. The van der Waals surface area contributed by atoms with Crippen LogP contribution in [0.4, 0.5) is 0 Å². The number of ether oxygens (including phenoxy) is 1. The number of hydrogen-bond acceptors (Lipinski definition) is 5. The molecule has 5 nitrogen and oxygen atoms in total. The Bertz CT molecular complexity index is 779. The number of aryl methyl sites for hydroxylation is 1. The molecule has 3 heterocycles. The van der Waals surface area contributed by atoms with Gasteiger partial charge in [0.05, 0.1) is 5.69 Å². The highest BCUT2D eigenvalue weighted by molar-refractivity contribution is 7.13. The second-order valence-electron chi connectivity index (χ2n) is 6.85. The summed E-state index contributed by atoms with van der Waals surface area (Å²) in [5.74, 6) is 0.876. The standard InChI is InChI=1S/C19H22ClN3O2S/c1-12-18(19(24)23-14-4-5-15(23)10-21-9-8-14)26-17(22-12)11-25-16-6-2-13(20)3-7-16/h2-3,6-7,14-15,21H,4-5,8-11H2,1H3. The van der Waals surface area contributed by atoms with Gasteiger partial charge in [0.25, 0.3) is 5.91 Å². The lowest BCUT2D eigenvalue weighted by molar-refractivity contribution is 0.0684. The molecule has 2 atom stereocenters. The summed E-state index contributed by atoms with van der Waals surface area (Å²) in [4.78, 5) is 20.6. The van der Waals surface area contributed by atoms with E-state index in [1.165, 1.54) is 11.3 Å². The van der Waals surface area contributed by atoms with Crippen LogP contribution in [0, 0.1) is 6.92 Å². The zero-order valence-corrected chi connectivity index (χ0v) is 16.3. The molecule has 2 unspecified atom stereocenters. The third-order valence-corrected chi connectivity index (χ3v) is 6.47. The van der Waals surface area contributed by atoms with Crippen LogP contribution in [0.2, 0.25) is 5.02 Å². The number of benzene rings is 1. The molecule has 2 saturated heterocycles. The number of carbonyl (C=O) groups is 1. The summed E-state index contributed by atoms with van der Waals surface area (Å²) in [6.07, 6.45) is 3.24. The van der Waals surface area contributed by atoms with Gasteiger partial charge in [-0.2, -0.15) is 0 Å². The SMILES string of the molecule is Cc1nc(COc2ccc(Cl)cc2)sc1C(=O)N1C2CCNCC1CC2. The van der Waals surface area contributed by atoms with Crippen LogP contribution in [0.15, 0.2) is 24.3 Å². The maximum atomic E-state index is 13.2. The van der Waals surface area contributed by atoms with Gasteiger partial charge in [-0.3, -0.25) is 4.79 Å². The van der Waals surface area contributed by atoms with E-state index in [1.54, 1.807) is 12.1 Å². The number of aromatic nitrogens is 1. The van der Waals surface area contributed by atoms with Crippen molar-refractivity contribution < 1.29 is 9.53 Å². The molecule has 2 aliphatic heterocycles. The quantitative estimate of drug-likeness (QED) is 0.864. The normalized spacial score (nSPS) is 22.3. The molecule has 0 radical (unpaired) electrons. The number of carbonyl (C=O) groups excluding carboxylic acids is 1. The summed E-state index contributed by atoms with van der Waals surface area (Å²) in [6.45, 7) is 4.15. The monoisotopic (exact) mass is 391 g/mol. The van der Waals surface area contributed by atoms with Crippen molar-refractivity contribution in [2.24, 2.45) is 0 Å². The first-order valence-corrected chi connectivity index (χ1v) is 10.2. The van der Waals surface area contributed by atoms with Gasteiger partial charge in [0.15, 0.2) is 0 Å². The van der Waals surface area contributed by atoms with E-state index in [0.29, 0.717) is 23.7 Å². The lowest BCUT2D eigenvalue weighted by atomic mass is 10.1. The first-order valence-electron chi connectivity index (χ1n) is 9.00. The molecule has 1 aromatic heterocycles. The Morgan fingerprint density at radius 3 is 2.88 bits per heavy atom. The van der Waals surface area contributed by atoms with Crippen molar-refractivity contribution in [3.05, 3.63) is 44.9 Å². The Labute approximate surface area is 162 Å². The van der Waals surface area contributed by atoms with Crippen molar-refractivity contribution in [1.29, 1.82) is 0 Å². The molecular weight excluding hydrogens is 370 g/mol. The summed E-state index contributed by atoms with van der Waals surface area (Å²) in [6, 6.07) is 7.92. The van der Waals surface area contributed by atoms with Crippen molar-refractivity contribution in [3.63, 3.8) is 0 Å². The van der Waals surface area contributed by atoms with Crippen LogP contribution in [-0.4, -0.2) is 41.0 Å². The Hall–Kier alpha value is -1.63. The molecule has 2 aromatic rings. The van der Waals surface area contributed by atoms with E-state index in [0.717, 1.165) is 53.7 Å². The van der Waals surface area contributed by atoms with Gasteiger partial charge in [0, 0.05) is 23.7 Å². The van der Waals surface area contributed by atoms with E-state index in [1.807, 2.05) is 19.1 Å². The Morgan fingerprint density at radius 1 is 1.31 bits per heavy atom. The number of thiazole rings is 1.